The van der Waals surface area contributed by atoms with E-state index in [2.05, 4.69) is 32.6 Å². The third-order valence-corrected chi connectivity index (χ3v) is 1.83. The zero-order valence-electron chi connectivity index (χ0n) is 6.97. The van der Waals surface area contributed by atoms with Crippen LogP contribution in [0.4, 0.5) is 0 Å². The molecule has 0 radical (unpaired) electrons. The lowest BCUT2D eigenvalue weighted by atomic mass is 10.5. The van der Waals surface area contributed by atoms with E-state index in [0.29, 0.717) is 0 Å². The number of nitrogens with zero attached hydrogens (tertiary/aromatic N) is 2. The summed E-state index contributed by atoms with van der Waals surface area (Å²) in [6.07, 6.45) is 5.28. The van der Waals surface area contributed by atoms with Gasteiger partial charge in [0.05, 0.1) is 0 Å². The van der Waals surface area contributed by atoms with Crippen molar-refractivity contribution < 1.29 is 0 Å². The van der Waals surface area contributed by atoms with Crippen molar-refractivity contribution in [2.45, 2.75) is 0 Å². The van der Waals surface area contributed by atoms with Crippen LogP contribution in [-0.2, 0) is 0 Å². The highest BCUT2D eigenvalue weighted by atomic mass is 127. The highest BCUT2D eigenvalue weighted by molar-refractivity contribution is 14.1. The normalized spacial score (nSPS) is 8.38. The van der Waals surface area contributed by atoms with Crippen molar-refractivity contribution in [2.24, 2.45) is 0 Å². The highest BCUT2D eigenvalue weighted by Crippen LogP contribution is 1.94. The second kappa shape index (κ2) is 6.54. The lowest BCUT2D eigenvalue weighted by Gasteiger charge is -1.80. The van der Waals surface area contributed by atoms with Gasteiger partial charge >= 0.3 is 0 Å². The number of rotatable bonds is 0. The molecule has 66 valence electrons. The SMILES string of the molecule is Ic1ccccn1.c1ccncc1. The third-order valence-electron chi connectivity index (χ3n) is 1.20. The van der Waals surface area contributed by atoms with Gasteiger partial charge in [-0.2, -0.15) is 0 Å². The van der Waals surface area contributed by atoms with Crippen LogP contribution in [0.5, 0.6) is 0 Å². The molecular weight excluding hydrogens is 275 g/mol. The molecule has 0 bridgehead atoms. The highest BCUT2D eigenvalue weighted by Gasteiger charge is 1.75. The lowest BCUT2D eigenvalue weighted by Crippen LogP contribution is -1.71. The molecule has 0 spiro atoms. The molecule has 0 amide bonds. The van der Waals surface area contributed by atoms with Gasteiger partial charge in [-0.25, -0.2) is 0 Å². The molecule has 2 heterocycles. The predicted octanol–water partition coefficient (Wildman–Crippen LogP) is 2.77. The molecule has 0 aliphatic heterocycles. The van der Waals surface area contributed by atoms with Gasteiger partial charge in [0, 0.05) is 18.6 Å². The van der Waals surface area contributed by atoms with Crippen LogP contribution in [0.2, 0.25) is 0 Å². The summed E-state index contributed by atoms with van der Waals surface area (Å²) < 4.78 is 1.04. The zero-order valence-corrected chi connectivity index (χ0v) is 9.13. The molecule has 3 heteroatoms. The fourth-order valence-corrected chi connectivity index (χ4v) is 1.02. The fourth-order valence-electron chi connectivity index (χ4n) is 0.655. The molecule has 0 atom stereocenters. The number of aromatic nitrogens is 2. The standard InChI is InChI=1S/C5H4IN.C5H5N/c6-5-3-1-2-4-7-5;1-2-4-6-5-3-1/h1-4H;1-5H. The minimum atomic E-state index is 1.04. The second-order valence-electron chi connectivity index (χ2n) is 2.18. The summed E-state index contributed by atoms with van der Waals surface area (Å²) in [5, 5.41) is 0. The van der Waals surface area contributed by atoms with E-state index in [-0.39, 0.29) is 0 Å². The number of hydrogen-bond acceptors (Lipinski definition) is 2. The molecule has 0 aromatic carbocycles. The van der Waals surface area contributed by atoms with Crippen molar-refractivity contribution in [3.05, 3.63) is 58.7 Å². The quantitative estimate of drug-likeness (QED) is 0.549. The van der Waals surface area contributed by atoms with Crippen LogP contribution in [0, 0.1) is 3.70 Å². The van der Waals surface area contributed by atoms with Crippen molar-refractivity contribution in [3.63, 3.8) is 0 Å². The van der Waals surface area contributed by atoms with Gasteiger partial charge in [0.2, 0.25) is 0 Å². The summed E-state index contributed by atoms with van der Waals surface area (Å²) in [5.74, 6) is 0. The van der Waals surface area contributed by atoms with Gasteiger partial charge in [-0.15, -0.1) is 0 Å². The maximum atomic E-state index is 3.97. The Bertz CT molecular complexity index is 283. The summed E-state index contributed by atoms with van der Waals surface area (Å²) in [7, 11) is 0. The smallest absolute Gasteiger partial charge is 0.101 e. The molecule has 0 aliphatic carbocycles. The predicted molar refractivity (Wildman–Crippen MR) is 61.2 cm³/mol. The maximum Gasteiger partial charge on any atom is 0.101 e. The summed E-state index contributed by atoms with van der Waals surface area (Å²) >= 11 is 2.17. The van der Waals surface area contributed by atoms with Gasteiger partial charge < -0.3 is 0 Å². The maximum absolute atomic E-state index is 3.97. The van der Waals surface area contributed by atoms with E-state index in [1.54, 1.807) is 18.6 Å². The van der Waals surface area contributed by atoms with E-state index in [0.717, 1.165) is 3.70 Å². The molecule has 13 heavy (non-hydrogen) atoms. The van der Waals surface area contributed by atoms with Crippen LogP contribution >= 0.6 is 22.6 Å². The largest absolute Gasteiger partial charge is 0.265 e. The molecule has 0 aliphatic rings. The molecule has 0 N–H and O–H groups in total. The van der Waals surface area contributed by atoms with Gasteiger partial charge in [0.15, 0.2) is 0 Å². The van der Waals surface area contributed by atoms with Crippen molar-refractivity contribution in [2.75, 3.05) is 0 Å². The molecule has 0 saturated carbocycles. The summed E-state index contributed by atoms with van der Waals surface area (Å²) in [4.78, 5) is 7.75. The van der Waals surface area contributed by atoms with E-state index in [1.807, 2.05) is 36.4 Å². The average molecular weight is 284 g/mol. The minimum absolute atomic E-state index is 1.04. The molecule has 0 saturated heterocycles. The molecule has 2 rings (SSSR count). The Hall–Kier alpha value is -0.970. The second-order valence-corrected chi connectivity index (χ2v) is 3.28. The number of pyridine rings is 2. The van der Waals surface area contributed by atoms with Crippen molar-refractivity contribution >= 4 is 22.6 Å². The van der Waals surface area contributed by atoms with Crippen LogP contribution in [0.15, 0.2) is 55.0 Å². The minimum Gasteiger partial charge on any atom is -0.265 e. The Morgan fingerprint density at radius 1 is 0.846 bits per heavy atom. The van der Waals surface area contributed by atoms with E-state index in [1.165, 1.54) is 0 Å². The zero-order chi connectivity index (χ0) is 9.36. The molecule has 0 unspecified atom stereocenters. The lowest BCUT2D eigenvalue weighted by molar-refractivity contribution is 1.27. The van der Waals surface area contributed by atoms with Crippen molar-refractivity contribution in [3.8, 4) is 0 Å². The van der Waals surface area contributed by atoms with E-state index >= 15 is 0 Å². The monoisotopic (exact) mass is 284 g/mol. The van der Waals surface area contributed by atoms with Crippen molar-refractivity contribution in [1.82, 2.24) is 9.97 Å². The van der Waals surface area contributed by atoms with E-state index in [4.69, 9.17) is 0 Å². The Morgan fingerprint density at radius 2 is 1.54 bits per heavy atom. The fraction of sp³-hybridized carbons (Fsp3) is 0. The van der Waals surface area contributed by atoms with E-state index in [9.17, 15) is 0 Å². The van der Waals surface area contributed by atoms with Crippen LogP contribution in [0.25, 0.3) is 0 Å². The molecule has 2 aromatic heterocycles. The van der Waals surface area contributed by atoms with Crippen LogP contribution < -0.4 is 0 Å². The first-order valence-electron chi connectivity index (χ1n) is 3.81. The first-order chi connectivity index (χ1) is 6.39. The van der Waals surface area contributed by atoms with Gasteiger partial charge in [0.25, 0.3) is 0 Å². The number of halogens is 1. The Labute approximate surface area is 91.2 Å². The number of hydrogen-bond donors (Lipinski definition) is 0. The van der Waals surface area contributed by atoms with E-state index < -0.39 is 0 Å². The summed E-state index contributed by atoms with van der Waals surface area (Å²) in [6.45, 7) is 0. The van der Waals surface area contributed by atoms with Gasteiger partial charge in [0.1, 0.15) is 3.70 Å². The Kier molecular flexibility index (Phi) is 5.08. The van der Waals surface area contributed by atoms with Gasteiger partial charge in [-0.3, -0.25) is 9.97 Å². The van der Waals surface area contributed by atoms with Crippen LogP contribution in [0.1, 0.15) is 0 Å². The van der Waals surface area contributed by atoms with Gasteiger partial charge in [-0.05, 0) is 46.9 Å². The molecule has 0 fully saturated rings. The first kappa shape index (κ1) is 10.1. The average Bonchev–Trinajstić information content (AvgIpc) is 2.22. The van der Waals surface area contributed by atoms with Crippen molar-refractivity contribution in [1.29, 1.82) is 0 Å². The Morgan fingerprint density at radius 3 is 1.77 bits per heavy atom. The molecule has 2 nitrogen and oxygen atoms in total. The summed E-state index contributed by atoms with van der Waals surface area (Å²) in [6, 6.07) is 11.5. The molecule has 2 aromatic rings. The van der Waals surface area contributed by atoms with Gasteiger partial charge in [-0.1, -0.05) is 12.1 Å². The molecular formula is C10H9IN2. The Balaban J connectivity index is 0.000000132. The first-order valence-corrected chi connectivity index (χ1v) is 4.89. The third kappa shape index (κ3) is 5.30. The topological polar surface area (TPSA) is 25.8 Å². The summed E-state index contributed by atoms with van der Waals surface area (Å²) in [5.41, 5.74) is 0. The van der Waals surface area contributed by atoms with Crippen LogP contribution in [-0.4, -0.2) is 9.97 Å². The van der Waals surface area contributed by atoms with Crippen LogP contribution in [0.3, 0.4) is 0 Å².